The molecule has 2 rings (SSSR count). The number of phenolic OH excluding ortho intramolecular Hbond substituents is 1. The number of phenols is 1. The molecule has 3 N–H and O–H groups in total. The molecular weight excluding hydrogens is 326 g/mol. The lowest BCUT2D eigenvalue weighted by Gasteiger charge is -2.12. The Kier molecular flexibility index (Phi) is 4.99. The zero-order valence-electron chi connectivity index (χ0n) is 10.6. The highest BCUT2D eigenvalue weighted by Crippen LogP contribution is 2.26. The molecule has 0 saturated carbocycles. The first-order valence-electron chi connectivity index (χ1n) is 5.97. The van der Waals surface area contributed by atoms with Gasteiger partial charge in [-0.3, -0.25) is 0 Å². The zero-order chi connectivity index (χ0) is 13.8. The summed E-state index contributed by atoms with van der Waals surface area (Å²) in [6, 6.07) is 5.67. The number of aliphatic hydroxyl groups is 1. The van der Waals surface area contributed by atoms with E-state index in [1.165, 1.54) is 0 Å². The molecule has 1 unspecified atom stereocenters. The number of thiophene rings is 1. The normalized spacial score (nSPS) is 12.6. The Balaban J connectivity index is 1.93. The molecule has 0 radical (unpaired) electrons. The Hall–Kier alpha value is -0.880. The molecule has 1 aromatic heterocycles. The predicted octanol–water partition coefficient (Wildman–Crippen LogP) is 3.35. The van der Waals surface area contributed by atoms with Crippen molar-refractivity contribution in [2.24, 2.45) is 0 Å². The monoisotopic (exact) mass is 341 g/mol. The number of hydrogen-bond acceptors (Lipinski definition) is 4. The second-order valence-corrected chi connectivity index (χ2v) is 6.13. The molecular formula is C14H16BrNO2S. The molecule has 102 valence electrons. The van der Waals surface area contributed by atoms with Crippen molar-refractivity contribution in [2.75, 3.05) is 6.54 Å². The van der Waals surface area contributed by atoms with Crippen LogP contribution in [0.2, 0.25) is 0 Å². The molecule has 1 aromatic carbocycles. The molecule has 1 heterocycles. The van der Waals surface area contributed by atoms with Crippen LogP contribution >= 0.6 is 27.3 Å². The minimum atomic E-state index is -0.512. The number of aromatic hydroxyl groups is 1. The summed E-state index contributed by atoms with van der Waals surface area (Å²) in [5, 5.41) is 26.9. The van der Waals surface area contributed by atoms with Gasteiger partial charge in [0.25, 0.3) is 0 Å². The minimum Gasteiger partial charge on any atom is -0.507 e. The third kappa shape index (κ3) is 3.79. The van der Waals surface area contributed by atoms with Crippen molar-refractivity contribution in [3.05, 3.63) is 50.1 Å². The lowest BCUT2D eigenvalue weighted by atomic mass is 10.1. The maximum Gasteiger partial charge on any atom is 0.123 e. The highest BCUT2D eigenvalue weighted by molar-refractivity contribution is 9.10. The summed E-state index contributed by atoms with van der Waals surface area (Å²) >= 11 is 4.98. The zero-order valence-corrected chi connectivity index (χ0v) is 13.0. The predicted molar refractivity (Wildman–Crippen MR) is 81.5 cm³/mol. The lowest BCUT2D eigenvalue weighted by Crippen LogP contribution is -2.20. The van der Waals surface area contributed by atoms with E-state index in [2.05, 4.69) is 21.2 Å². The van der Waals surface area contributed by atoms with Crippen LogP contribution in [-0.2, 0) is 6.54 Å². The van der Waals surface area contributed by atoms with Crippen LogP contribution in [0, 0.1) is 6.92 Å². The number of rotatable bonds is 5. The molecule has 19 heavy (non-hydrogen) atoms. The van der Waals surface area contributed by atoms with Crippen LogP contribution in [0.15, 0.2) is 33.4 Å². The van der Waals surface area contributed by atoms with E-state index >= 15 is 0 Å². The minimum absolute atomic E-state index is 0.306. The summed E-state index contributed by atoms with van der Waals surface area (Å²) in [7, 11) is 0. The quantitative estimate of drug-likeness (QED) is 0.781. The number of aryl methyl sites for hydroxylation is 1. The first-order valence-corrected chi connectivity index (χ1v) is 7.70. The lowest BCUT2D eigenvalue weighted by molar-refractivity contribution is 0.174. The first kappa shape index (κ1) is 14.5. The molecule has 3 nitrogen and oxygen atoms in total. The Labute approximate surface area is 125 Å². The molecule has 0 amide bonds. The largest absolute Gasteiger partial charge is 0.507 e. The second kappa shape index (κ2) is 6.52. The second-order valence-electron chi connectivity index (χ2n) is 4.43. The molecule has 5 heteroatoms. The Morgan fingerprint density at radius 1 is 1.42 bits per heavy atom. The summed E-state index contributed by atoms with van der Waals surface area (Å²) < 4.78 is 0.943. The van der Waals surface area contributed by atoms with Gasteiger partial charge in [-0.05, 0) is 47.0 Å². The van der Waals surface area contributed by atoms with Crippen molar-refractivity contribution in [1.29, 1.82) is 0 Å². The van der Waals surface area contributed by atoms with Crippen LogP contribution in [0.5, 0.6) is 5.75 Å². The van der Waals surface area contributed by atoms with Crippen LogP contribution in [0.25, 0.3) is 0 Å². The van der Waals surface area contributed by atoms with Crippen molar-refractivity contribution in [3.8, 4) is 5.75 Å². The van der Waals surface area contributed by atoms with Crippen molar-refractivity contribution >= 4 is 27.3 Å². The van der Waals surface area contributed by atoms with Crippen LogP contribution < -0.4 is 5.32 Å². The molecule has 2 aromatic rings. The van der Waals surface area contributed by atoms with Crippen molar-refractivity contribution in [2.45, 2.75) is 19.6 Å². The fourth-order valence-corrected chi connectivity index (χ4v) is 3.19. The van der Waals surface area contributed by atoms with Gasteiger partial charge < -0.3 is 15.5 Å². The summed E-state index contributed by atoms with van der Waals surface area (Å²) in [6.45, 7) is 2.85. The molecule has 0 aliphatic carbocycles. The van der Waals surface area contributed by atoms with E-state index in [9.17, 15) is 10.2 Å². The van der Waals surface area contributed by atoms with E-state index in [0.717, 1.165) is 21.2 Å². The summed E-state index contributed by atoms with van der Waals surface area (Å²) in [5.41, 5.74) is 2.58. The van der Waals surface area contributed by atoms with Crippen LogP contribution in [-0.4, -0.2) is 16.8 Å². The smallest absolute Gasteiger partial charge is 0.123 e. The fourth-order valence-electron chi connectivity index (χ4n) is 1.87. The van der Waals surface area contributed by atoms with Crippen LogP contribution in [0.3, 0.4) is 0 Å². The number of halogens is 1. The van der Waals surface area contributed by atoms with E-state index in [4.69, 9.17) is 0 Å². The van der Waals surface area contributed by atoms with Gasteiger partial charge in [0.05, 0.1) is 6.10 Å². The highest BCUT2D eigenvalue weighted by Gasteiger charge is 2.09. The Morgan fingerprint density at radius 3 is 2.89 bits per heavy atom. The number of benzene rings is 1. The van der Waals surface area contributed by atoms with Crippen LogP contribution in [0.1, 0.15) is 22.8 Å². The van der Waals surface area contributed by atoms with Gasteiger partial charge in [0.1, 0.15) is 5.75 Å². The van der Waals surface area contributed by atoms with Gasteiger partial charge in [0.15, 0.2) is 0 Å². The Bertz CT molecular complexity index is 543. The van der Waals surface area contributed by atoms with Gasteiger partial charge in [0.2, 0.25) is 0 Å². The summed E-state index contributed by atoms with van der Waals surface area (Å²) in [6.07, 6.45) is -0.512. The number of nitrogens with one attached hydrogen (secondary N) is 1. The summed E-state index contributed by atoms with van der Waals surface area (Å²) in [4.78, 5) is 0. The topological polar surface area (TPSA) is 52.5 Å². The molecule has 0 bridgehead atoms. The highest BCUT2D eigenvalue weighted by atomic mass is 79.9. The van der Waals surface area contributed by atoms with E-state index < -0.39 is 6.10 Å². The van der Waals surface area contributed by atoms with Gasteiger partial charge in [-0.2, -0.15) is 11.3 Å². The average molecular weight is 342 g/mol. The maximum atomic E-state index is 9.95. The van der Waals surface area contributed by atoms with E-state index in [1.54, 1.807) is 11.3 Å². The van der Waals surface area contributed by atoms with Gasteiger partial charge in [-0.1, -0.05) is 15.9 Å². The van der Waals surface area contributed by atoms with Gasteiger partial charge in [0, 0.05) is 23.1 Å². The molecule has 0 aliphatic heterocycles. The number of aliphatic hydroxyl groups excluding tert-OH is 1. The molecule has 0 fully saturated rings. The van der Waals surface area contributed by atoms with Gasteiger partial charge >= 0.3 is 0 Å². The molecule has 0 spiro atoms. The van der Waals surface area contributed by atoms with Crippen molar-refractivity contribution in [1.82, 2.24) is 5.32 Å². The van der Waals surface area contributed by atoms with Crippen molar-refractivity contribution in [3.63, 3.8) is 0 Å². The van der Waals surface area contributed by atoms with Gasteiger partial charge in [-0.15, -0.1) is 0 Å². The van der Waals surface area contributed by atoms with Crippen LogP contribution in [0.4, 0.5) is 0 Å². The third-order valence-corrected chi connectivity index (χ3v) is 4.08. The molecule has 0 aliphatic rings. The van der Waals surface area contributed by atoms with Crippen molar-refractivity contribution < 1.29 is 10.2 Å². The van der Waals surface area contributed by atoms with E-state index in [1.807, 2.05) is 35.9 Å². The summed E-state index contributed by atoms with van der Waals surface area (Å²) in [5.74, 6) is 0.306. The van der Waals surface area contributed by atoms with E-state index in [0.29, 0.717) is 18.8 Å². The first-order chi connectivity index (χ1) is 9.08. The maximum absolute atomic E-state index is 9.95. The molecule has 1 atom stereocenters. The fraction of sp³-hybridized carbons (Fsp3) is 0.286. The van der Waals surface area contributed by atoms with Gasteiger partial charge in [-0.25, -0.2) is 0 Å². The Morgan fingerprint density at radius 2 is 2.21 bits per heavy atom. The van der Waals surface area contributed by atoms with E-state index in [-0.39, 0.29) is 0 Å². The average Bonchev–Trinajstić information content (AvgIpc) is 2.88. The standard InChI is InChI=1S/C14H16BrNO2S/c1-9-4-12(15)5-11(14(9)18)6-16-7-13(17)10-2-3-19-8-10/h2-5,8,13,16-18H,6-7H2,1H3. The SMILES string of the molecule is Cc1cc(Br)cc(CNCC(O)c2ccsc2)c1O. The molecule has 0 saturated heterocycles. The number of hydrogen-bond donors (Lipinski definition) is 3. The third-order valence-electron chi connectivity index (χ3n) is 2.93.